The minimum absolute atomic E-state index is 0.0282. The Labute approximate surface area is 184 Å². The lowest BCUT2D eigenvalue weighted by Gasteiger charge is -2.33. The van der Waals surface area contributed by atoms with E-state index in [0.717, 1.165) is 0 Å². The highest BCUT2D eigenvalue weighted by Crippen LogP contribution is 2.22. The van der Waals surface area contributed by atoms with Gasteiger partial charge in [0.05, 0.1) is 4.90 Å². The first-order valence-electron chi connectivity index (χ1n) is 9.80. The van der Waals surface area contributed by atoms with Gasteiger partial charge in [-0.1, -0.05) is 30.3 Å². The number of hydrogen-bond acceptors (Lipinski definition) is 5. The fraction of sp³-hybridized carbons (Fsp3) is 0.273. The number of ether oxygens (including phenoxy) is 1. The lowest BCUT2D eigenvalue weighted by atomic mass is 10.2. The van der Waals surface area contributed by atoms with Gasteiger partial charge >= 0.3 is 6.61 Å². The molecule has 0 bridgehead atoms. The summed E-state index contributed by atoms with van der Waals surface area (Å²) < 4.78 is 56.5. The zero-order chi connectivity index (χ0) is 23.3. The maximum Gasteiger partial charge on any atom is 0.387 e. The number of nitrogens with zero attached hydrogens (tertiary/aromatic N) is 2. The van der Waals surface area contributed by atoms with Crippen molar-refractivity contribution in [3.63, 3.8) is 0 Å². The molecule has 10 heteroatoms. The second-order valence-corrected chi connectivity index (χ2v) is 9.00. The van der Waals surface area contributed by atoms with Gasteiger partial charge in [-0.25, -0.2) is 8.42 Å². The standard InChI is InChI=1S/C22H22F2N2O5S/c1-16(27)18-6-4-7-19(15-18)32(29,30)26-13-11-25(12-14-26)21(28)10-9-17-5-2-3-8-20(17)31-22(23)24/h2-10,15,22H,11-14H2,1H3/b10-9+. The number of rotatable bonds is 7. The predicted molar refractivity (Wildman–Crippen MR) is 114 cm³/mol. The molecule has 0 spiro atoms. The number of para-hydroxylation sites is 1. The number of sulfonamides is 1. The largest absolute Gasteiger partial charge is 0.434 e. The normalized spacial score (nSPS) is 15.3. The topological polar surface area (TPSA) is 84.0 Å². The molecule has 2 aromatic rings. The summed E-state index contributed by atoms with van der Waals surface area (Å²) in [6, 6.07) is 11.9. The molecule has 0 aliphatic carbocycles. The van der Waals surface area contributed by atoms with Crippen molar-refractivity contribution in [2.45, 2.75) is 18.4 Å². The Balaban J connectivity index is 1.64. The molecule has 7 nitrogen and oxygen atoms in total. The molecule has 1 amide bonds. The van der Waals surface area contributed by atoms with Gasteiger partial charge in [0.2, 0.25) is 15.9 Å². The van der Waals surface area contributed by atoms with Crippen molar-refractivity contribution in [3.8, 4) is 5.75 Å². The summed E-state index contributed by atoms with van der Waals surface area (Å²) in [7, 11) is -3.80. The van der Waals surface area contributed by atoms with E-state index in [0.29, 0.717) is 11.1 Å². The van der Waals surface area contributed by atoms with Gasteiger partial charge in [0, 0.05) is 43.4 Å². The number of ketones is 1. The maximum atomic E-state index is 12.9. The molecule has 32 heavy (non-hydrogen) atoms. The van der Waals surface area contributed by atoms with E-state index in [9.17, 15) is 26.8 Å². The van der Waals surface area contributed by atoms with Gasteiger partial charge in [-0.2, -0.15) is 13.1 Å². The van der Waals surface area contributed by atoms with Crippen LogP contribution >= 0.6 is 0 Å². The van der Waals surface area contributed by atoms with Crippen molar-refractivity contribution in [1.82, 2.24) is 9.21 Å². The van der Waals surface area contributed by atoms with E-state index in [2.05, 4.69) is 4.74 Å². The van der Waals surface area contributed by atoms with E-state index in [1.165, 1.54) is 52.5 Å². The summed E-state index contributed by atoms with van der Waals surface area (Å²) in [5, 5.41) is 0. The smallest absolute Gasteiger partial charge is 0.387 e. The molecule has 0 aromatic heterocycles. The van der Waals surface area contributed by atoms with Crippen LogP contribution in [0.3, 0.4) is 0 Å². The van der Waals surface area contributed by atoms with Crippen LogP contribution in [0.5, 0.6) is 5.75 Å². The van der Waals surface area contributed by atoms with Crippen LogP contribution in [0.15, 0.2) is 59.5 Å². The minimum Gasteiger partial charge on any atom is -0.434 e. The Morgan fingerprint density at radius 1 is 1.03 bits per heavy atom. The molecule has 1 fully saturated rings. The number of benzene rings is 2. The second kappa shape index (κ2) is 10.0. The van der Waals surface area contributed by atoms with E-state index in [1.807, 2.05) is 0 Å². The van der Waals surface area contributed by atoms with Crippen molar-refractivity contribution in [1.29, 1.82) is 0 Å². The van der Waals surface area contributed by atoms with Crippen LogP contribution in [0.1, 0.15) is 22.8 Å². The number of Topliss-reactive ketones (excluding diaryl/α,β-unsaturated/α-hetero) is 1. The Hall–Kier alpha value is -3.11. The van der Waals surface area contributed by atoms with Crippen molar-refractivity contribution in [3.05, 3.63) is 65.7 Å². The molecule has 0 saturated carbocycles. The third-order valence-corrected chi connectivity index (χ3v) is 6.86. The maximum absolute atomic E-state index is 12.9. The SMILES string of the molecule is CC(=O)c1cccc(S(=O)(=O)N2CCN(C(=O)/C=C/c3ccccc3OC(F)F)CC2)c1. The first-order chi connectivity index (χ1) is 15.2. The third-order valence-electron chi connectivity index (χ3n) is 4.97. The Kier molecular flexibility index (Phi) is 7.37. The van der Waals surface area contributed by atoms with E-state index in [-0.39, 0.29) is 48.5 Å². The lowest BCUT2D eigenvalue weighted by Crippen LogP contribution is -2.50. The summed E-state index contributed by atoms with van der Waals surface area (Å²) in [5.41, 5.74) is 0.633. The van der Waals surface area contributed by atoms with Gasteiger partial charge in [-0.3, -0.25) is 9.59 Å². The molecule has 3 rings (SSSR count). The summed E-state index contributed by atoms with van der Waals surface area (Å²) in [5.74, 6) is -0.646. The highest BCUT2D eigenvalue weighted by Gasteiger charge is 2.30. The van der Waals surface area contributed by atoms with Crippen LogP contribution in [-0.2, 0) is 14.8 Å². The second-order valence-electron chi connectivity index (χ2n) is 7.06. The molecule has 1 heterocycles. The van der Waals surface area contributed by atoms with Crippen molar-refractivity contribution in [2.75, 3.05) is 26.2 Å². The number of piperazine rings is 1. The summed E-state index contributed by atoms with van der Waals surface area (Å²) >= 11 is 0. The first kappa shape index (κ1) is 23.6. The average molecular weight is 464 g/mol. The zero-order valence-electron chi connectivity index (χ0n) is 17.3. The molecule has 1 aliphatic rings. The molecular weight excluding hydrogens is 442 g/mol. The molecule has 2 aromatic carbocycles. The van der Waals surface area contributed by atoms with Crippen LogP contribution in [0.25, 0.3) is 6.08 Å². The molecule has 0 N–H and O–H groups in total. The van der Waals surface area contributed by atoms with Crippen LogP contribution < -0.4 is 4.74 Å². The van der Waals surface area contributed by atoms with Gasteiger partial charge < -0.3 is 9.64 Å². The Bertz CT molecular complexity index is 1130. The number of alkyl halides is 2. The predicted octanol–water partition coefficient (Wildman–Crippen LogP) is 3.04. The van der Waals surface area contributed by atoms with E-state index in [4.69, 9.17) is 0 Å². The Morgan fingerprint density at radius 2 is 1.72 bits per heavy atom. The molecule has 0 unspecified atom stereocenters. The van der Waals surface area contributed by atoms with Crippen LogP contribution in [-0.4, -0.2) is 62.1 Å². The van der Waals surface area contributed by atoms with Gasteiger partial charge in [0.15, 0.2) is 5.78 Å². The third kappa shape index (κ3) is 5.57. The van der Waals surface area contributed by atoms with Gasteiger partial charge in [-0.05, 0) is 31.2 Å². The van der Waals surface area contributed by atoms with Gasteiger partial charge in [0.1, 0.15) is 5.75 Å². The Morgan fingerprint density at radius 3 is 2.38 bits per heavy atom. The number of hydrogen-bond donors (Lipinski definition) is 0. The minimum atomic E-state index is -3.80. The summed E-state index contributed by atoms with van der Waals surface area (Å²) in [4.78, 5) is 25.6. The van der Waals surface area contributed by atoms with E-state index >= 15 is 0 Å². The lowest BCUT2D eigenvalue weighted by molar-refractivity contribution is -0.127. The fourth-order valence-corrected chi connectivity index (χ4v) is 4.73. The van der Waals surface area contributed by atoms with E-state index < -0.39 is 16.6 Å². The number of amides is 1. The fourth-order valence-electron chi connectivity index (χ4n) is 3.26. The first-order valence-corrected chi connectivity index (χ1v) is 11.2. The quantitative estimate of drug-likeness (QED) is 0.465. The highest BCUT2D eigenvalue weighted by atomic mass is 32.2. The molecule has 1 saturated heterocycles. The monoisotopic (exact) mass is 464 g/mol. The summed E-state index contributed by atoms with van der Waals surface area (Å²) in [6.07, 6.45) is 2.63. The van der Waals surface area contributed by atoms with Crippen LogP contribution in [0.2, 0.25) is 0 Å². The zero-order valence-corrected chi connectivity index (χ0v) is 18.1. The van der Waals surface area contributed by atoms with E-state index in [1.54, 1.807) is 24.3 Å². The van der Waals surface area contributed by atoms with Crippen molar-refractivity contribution < 1.29 is 31.5 Å². The number of halogens is 2. The number of carbonyl (C=O) groups is 2. The molecule has 1 aliphatic heterocycles. The number of carbonyl (C=O) groups excluding carboxylic acids is 2. The van der Waals surface area contributed by atoms with Crippen molar-refractivity contribution in [2.24, 2.45) is 0 Å². The van der Waals surface area contributed by atoms with Gasteiger partial charge in [0.25, 0.3) is 0 Å². The van der Waals surface area contributed by atoms with Crippen LogP contribution in [0.4, 0.5) is 8.78 Å². The molecule has 0 radical (unpaired) electrons. The van der Waals surface area contributed by atoms with Gasteiger partial charge in [-0.15, -0.1) is 0 Å². The van der Waals surface area contributed by atoms with Crippen molar-refractivity contribution >= 4 is 27.8 Å². The summed E-state index contributed by atoms with van der Waals surface area (Å²) in [6.45, 7) is -1.09. The van der Waals surface area contributed by atoms with Crippen LogP contribution in [0, 0.1) is 0 Å². The highest BCUT2D eigenvalue weighted by molar-refractivity contribution is 7.89. The molecule has 0 atom stereocenters. The average Bonchev–Trinajstić information content (AvgIpc) is 2.78. The molecule has 170 valence electrons. The molecular formula is C22H22F2N2O5S.